The van der Waals surface area contributed by atoms with Crippen molar-refractivity contribution < 1.29 is 8.78 Å². The molecule has 1 fully saturated rings. The van der Waals surface area contributed by atoms with Crippen LogP contribution >= 0.6 is 0 Å². The van der Waals surface area contributed by atoms with E-state index in [2.05, 4.69) is 12.2 Å². The van der Waals surface area contributed by atoms with Gasteiger partial charge in [0.25, 0.3) is 0 Å². The van der Waals surface area contributed by atoms with Gasteiger partial charge in [0, 0.05) is 0 Å². The third-order valence-corrected chi connectivity index (χ3v) is 4.32. The van der Waals surface area contributed by atoms with Crippen molar-refractivity contribution in [2.75, 3.05) is 13.1 Å². The van der Waals surface area contributed by atoms with E-state index in [1.54, 1.807) is 12.1 Å². The molecule has 1 heterocycles. The highest BCUT2D eigenvalue weighted by Gasteiger charge is 2.07. The molecular weight excluding hydrogens is 292 g/mol. The van der Waals surface area contributed by atoms with E-state index in [9.17, 15) is 8.78 Å². The number of rotatable bonds is 1. The largest absolute Gasteiger partial charge is 0.317 e. The second kappa shape index (κ2) is 8.21. The molecule has 0 bridgehead atoms. The molecule has 2 aromatic carbocycles. The van der Waals surface area contributed by atoms with Gasteiger partial charge in [0.2, 0.25) is 0 Å². The van der Waals surface area contributed by atoms with Gasteiger partial charge in [-0.05, 0) is 92.2 Å². The minimum atomic E-state index is -0.302. The van der Waals surface area contributed by atoms with Crippen LogP contribution in [0.3, 0.4) is 0 Å². The Labute approximate surface area is 137 Å². The average molecular weight is 317 g/mol. The van der Waals surface area contributed by atoms with Gasteiger partial charge in [-0.1, -0.05) is 19.1 Å². The Bertz CT molecular complexity index is 597. The molecule has 1 nitrogen and oxygen atoms in total. The lowest BCUT2D eigenvalue weighted by Crippen LogP contribution is -2.26. The summed E-state index contributed by atoms with van der Waals surface area (Å²) in [5.74, 6) is 0.370. The summed E-state index contributed by atoms with van der Waals surface area (Å²) in [6.45, 7) is 8.57. The normalized spacial score (nSPS) is 15.0. The molecule has 1 aliphatic heterocycles. The smallest absolute Gasteiger partial charge is 0.123 e. The number of hydrogen-bond donors (Lipinski definition) is 1. The zero-order valence-electron chi connectivity index (χ0n) is 14.1. The van der Waals surface area contributed by atoms with Crippen LogP contribution in [0.4, 0.5) is 8.78 Å². The summed E-state index contributed by atoms with van der Waals surface area (Å²) in [6, 6.07) is 9.11. The maximum Gasteiger partial charge on any atom is 0.123 e. The molecule has 3 heteroatoms. The molecule has 0 amide bonds. The van der Waals surface area contributed by atoms with Crippen molar-refractivity contribution in [2.45, 2.75) is 33.6 Å². The van der Waals surface area contributed by atoms with Crippen molar-refractivity contribution >= 4 is 0 Å². The Kier molecular flexibility index (Phi) is 6.28. The minimum Gasteiger partial charge on any atom is -0.317 e. The number of nitrogens with one attached hydrogen (secondary N) is 1. The van der Waals surface area contributed by atoms with E-state index in [4.69, 9.17) is 0 Å². The second-order valence-corrected chi connectivity index (χ2v) is 6.35. The van der Waals surface area contributed by atoms with E-state index in [0.717, 1.165) is 28.2 Å². The van der Waals surface area contributed by atoms with Gasteiger partial charge in [-0.3, -0.25) is 0 Å². The molecular formula is C20H25F2N. The van der Waals surface area contributed by atoms with Crippen molar-refractivity contribution in [3.63, 3.8) is 0 Å². The number of hydrogen-bond acceptors (Lipinski definition) is 1. The number of piperidine rings is 1. The van der Waals surface area contributed by atoms with Crippen molar-refractivity contribution in [3.05, 3.63) is 59.2 Å². The summed E-state index contributed by atoms with van der Waals surface area (Å²) in [7, 11) is 0. The van der Waals surface area contributed by atoms with Gasteiger partial charge in [-0.2, -0.15) is 0 Å². The fourth-order valence-corrected chi connectivity index (χ4v) is 2.74. The molecule has 0 aliphatic carbocycles. The van der Waals surface area contributed by atoms with Crippen LogP contribution in [0, 0.1) is 31.4 Å². The summed E-state index contributed by atoms with van der Waals surface area (Å²) < 4.78 is 26.3. The molecule has 0 atom stereocenters. The van der Waals surface area contributed by atoms with Gasteiger partial charge < -0.3 is 5.32 Å². The molecule has 0 radical (unpaired) electrons. The Morgan fingerprint density at radius 1 is 0.826 bits per heavy atom. The second-order valence-electron chi connectivity index (χ2n) is 6.35. The SMILES string of the molecule is CC1CCNCC1.Cc1ccc(F)cc1-c1cc(F)ccc1C. The summed E-state index contributed by atoms with van der Waals surface area (Å²) in [4.78, 5) is 0. The van der Waals surface area contributed by atoms with E-state index < -0.39 is 0 Å². The van der Waals surface area contributed by atoms with Gasteiger partial charge >= 0.3 is 0 Å². The van der Waals surface area contributed by atoms with Crippen molar-refractivity contribution in [1.29, 1.82) is 0 Å². The lowest BCUT2D eigenvalue weighted by atomic mass is 9.96. The predicted molar refractivity (Wildman–Crippen MR) is 92.5 cm³/mol. The molecule has 2 aromatic rings. The third-order valence-electron chi connectivity index (χ3n) is 4.32. The van der Waals surface area contributed by atoms with Crippen LogP contribution in [0.1, 0.15) is 30.9 Å². The van der Waals surface area contributed by atoms with Crippen LogP contribution < -0.4 is 5.32 Å². The first-order valence-electron chi connectivity index (χ1n) is 8.20. The Morgan fingerprint density at radius 2 is 1.26 bits per heavy atom. The first-order chi connectivity index (χ1) is 11.0. The molecule has 1 N–H and O–H groups in total. The summed E-state index contributed by atoms with van der Waals surface area (Å²) in [5.41, 5.74) is 3.37. The average Bonchev–Trinajstić information content (AvgIpc) is 2.54. The monoisotopic (exact) mass is 317 g/mol. The molecule has 1 aliphatic rings. The van der Waals surface area contributed by atoms with Gasteiger partial charge in [0.15, 0.2) is 0 Å². The minimum absolute atomic E-state index is 0.302. The molecule has 0 spiro atoms. The quantitative estimate of drug-likeness (QED) is 0.757. The maximum absolute atomic E-state index is 13.2. The highest BCUT2D eigenvalue weighted by atomic mass is 19.1. The lowest BCUT2D eigenvalue weighted by Gasteiger charge is -2.17. The van der Waals surface area contributed by atoms with Crippen molar-refractivity contribution in [2.24, 2.45) is 5.92 Å². The first-order valence-corrected chi connectivity index (χ1v) is 8.20. The summed E-state index contributed by atoms with van der Waals surface area (Å²) in [6.07, 6.45) is 2.75. The summed E-state index contributed by atoms with van der Waals surface area (Å²) >= 11 is 0. The van der Waals surface area contributed by atoms with Gasteiger partial charge in [-0.25, -0.2) is 8.78 Å². The lowest BCUT2D eigenvalue weighted by molar-refractivity contribution is 0.402. The van der Waals surface area contributed by atoms with Gasteiger partial charge in [-0.15, -0.1) is 0 Å². The topological polar surface area (TPSA) is 12.0 Å². The highest BCUT2D eigenvalue weighted by Crippen LogP contribution is 2.27. The Hall–Kier alpha value is -1.74. The zero-order valence-corrected chi connectivity index (χ0v) is 14.1. The van der Waals surface area contributed by atoms with Gasteiger partial charge in [0.1, 0.15) is 11.6 Å². The first kappa shape index (κ1) is 17.6. The van der Waals surface area contributed by atoms with E-state index in [-0.39, 0.29) is 11.6 Å². The standard InChI is InChI=1S/C14H12F2.C6H13N/c1-9-3-5-11(15)7-13(9)14-8-12(16)6-4-10(14)2;1-6-2-4-7-5-3-6/h3-8H,1-2H3;6-7H,2-5H2,1H3. The van der Waals surface area contributed by atoms with Gasteiger partial charge in [0.05, 0.1) is 0 Å². The highest BCUT2D eigenvalue weighted by molar-refractivity contribution is 5.70. The van der Waals surface area contributed by atoms with Crippen molar-refractivity contribution in [3.8, 4) is 11.1 Å². The molecule has 3 rings (SSSR count). The number of benzene rings is 2. The van der Waals surface area contributed by atoms with Crippen LogP contribution in [0.2, 0.25) is 0 Å². The predicted octanol–water partition coefficient (Wildman–Crippen LogP) is 5.25. The maximum atomic E-state index is 13.2. The Balaban J connectivity index is 0.000000229. The molecule has 1 saturated heterocycles. The van der Waals surface area contributed by atoms with Crippen LogP contribution in [0.15, 0.2) is 36.4 Å². The molecule has 124 valence electrons. The van der Waals surface area contributed by atoms with Crippen molar-refractivity contribution in [1.82, 2.24) is 5.32 Å². The van der Waals surface area contributed by atoms with E-state index in [1.807, 2.05) is 13.8 Å². The Morgan fingerprint density at radius 3 is 1.61 bits per heavy atom. The fourth-order valence-electron chi connectivity index (χ4n) is 2.74. The molecule has 23 heavy (non-hydrogen) atoms. The summed E-state index contributed by atoms with van der Waals surface area (Å²) in [5, 5.41) is 3.32. The molecule has 0 aromatic heterocycles. The van der Waals surface area contributed by atoms with Crippen LogP contribution in [-0.4, -0.2) is 13.1 Å². The van der Waals surface area contributed by atoms with E-state index >= 15 is 0 Å². The molecule has 0 unspecified atom stereocenters. The van der Waals surface area contributed by atoms with Crippen LogP contribution in [0.5, 0.6) is 0 Å². The fraction of sp³-hybridized carbons (Fsp3) is 0.400. The van der Waals surface area contributed by atoms with E-state index in [1.165, 1.54) is 50.2 Å². The molecule has 0 saturated carbocycles. The van der Waals surface area contributed by atoms with Crippen LogP contribution in [0.25, 0.3) is 11.1 Å². The number of aryl methyl sites for hydroxylation is 2. The third kappa shape index (κ3) is 5.14. The number of halogens is 2. The van der Waals surface area contributed by atoms with E-state index in [0.29, 0.717) is 0 Å². The van der Waals surface area contributed by atoms with Crippen LogP contribution in [-0.2, 0) is 0 Å². The zero-order chi connectivity index (χ0) is 16.8.